The zero-order valence-corrected chi connectivity index (χ0v) is 11.8. The Kier molecular flexibility index (Phi) is 5.46. The summed E-state index contributed by atoms with van der Waals surface area (Å²) in [4.78, 5) is 2.24. The Morgan fingerprint density at radius 3 is 2.85 bits per heavy atom. The molecule has 0 aliphatic carbocycles. The number of nitrogens with zero attached hydrogens (tertiary/aromatic N) is 1. The first kappa shape index (κ1) is 15.4. The molecule has 20 heavy (non-hydrogen) atoms. The maximum atomic E-state index is 12.8. The van der Waals surface area contributed by atoms with Gasteiger partial charge < -0.3 is 10.5 Å². The van der Waals surface area contributed by atoms with E-state index in [1.165, 1.54) is 6.07 Å². The summed E-state index contributed by atoms with van der Waals surface area (Å²) < 4.78 is 31.3. The van der Waals surface area contributed by atoms with Gasteiger partial charge in [-0.3, -0.25) is 4.90 Å². The standard InChI is InChI=1S/C15H22F2N2O/c1-11-10-19(6-3-7-20-11)14(9-18)12-4-2-5-13(8-12)15(16)17/h2,4-5,8,11,14-15H,3,6-7,9-10,18H2,1H3. The number of hydrogen-bond acceptors (Lipinski definition) is 3. The Morgan fingerprint density at radius 2 is 2.15 bits per heavy atom. The molecule has 112 valence electrons. The second-order valence-corrected chi connectivity index (χ2v) is 5.25. The summed E-state index contributed by atoms with van der Waals surface area (Å²) in [5.74, 6) is 0. The van der Waals surface area contributed by atoms with Crippen molar-refractivity contribution in [1.29, 1.82) is 0 Å². The van der Waals surface area contributed by atoms with Gasteiger partial charge in [-0.2, -0.15) is 0 Å². The van der Waals surface area contributed by atoms with Crippen LogP contribution in [0.4, 0.5) is 8.78 Å². The average Bonchev–Trinajstić information content (AvgIpc) is 2.65. The summed E-state index contributed by atoms with van der Waals surface area (Å²) in [5, 5.41) is 0. The summed E-state index contributed by atoms with van der Waals surface area (Å²) in [6, 6.07) is 6.55. The Balaban J connectivity index is 2.20. The first-order valence-corrected chi connectivity index (χ1v) is 7.05. The van der Waals surface area contributed by atoms with Gasteiger partial charge in [-0.1, -0.05) is 18.2 Å². The molecule has 2 rings (SSSR count). The van der Waals surface area contributed by atoms with Gasteiger partial charge in [0, 0.05) is 37.8 Å². The lowest BCUT2D eigenvalue weighted by molar-refractivity contribution is 0.0611. The molecule has 1 aromatic carbocycles. The van der Waals surface area contributed by atoms with Gasteiger partial charge in [0.25, 0.3) is 6.43 Å². The summed E-state index contributed by atoms with van der Waals surface area (Å²) in [7, 11) is 0. The van der Waals surface area contributed by atoms with Crippen LogP contribution in [0, 0.1) is 0 Å². The highest BCUT2D eigenvalue weighted by Crippen LogP contribution is 2.26. The molecule has 1 aliphatic rings. The minimum atomic E-state index is -2.44. The van der Waals surface area contributed by atoms with E-state index in [9.17, 15) is 8.78 Å². The van der Waals surface area contributed by atoms with Gasteiger partial charge in [0.1, 0.15) is 0 Å². The number of halogens is 2. The molecule has 0 bridgehead atoms. The highest BCUT2D eigenvalue weighted by molar-refractivity contribution is 5.27. The highest BCUT2D eigenvalue weighted by atomic mass is 19.3. The number of ether oxygens (including phenoxy) is 1. The van der Waals surface area contributed by atoms with E-state index in [1.807, 2.05) is 13.0 Å². The number of rotatable bonds is 4. The molecule has 0 radical (unpaired) electrons. The zero-order chi connectivity index (χ0) is 14.5. The monoisotopic (exact) mass is 284 g/mol. The smallest absolute Gasteiger partial charge is 0.263 e. The van der Waals surface area contributed by atoms with Crippen LogP contribution >= 0.6 is 0 Å². The van der Waals surface area contributed by atoms with E-state index in [1.54, 1.807) is 12.1 Å². The van der Waals surface area contributed by atoms with Crippen molar-refractivity contribution in [2.45, 2.75) is 31.9 Å². The van der Waals surface area contributed by atoms with Crippen LogP contribution in [-0.2, 0) is 4.74 Å². The number of nitrogens with two attached hydrogens (primary N) is 1. The van der Waals surface area contributed by atoms with E-state index in [2.05, 4.69) is 4.90 Å². The lowest BCUT2D eigenvalue weighted by atomic mass is 10.0. The Hall–Kier alpha value is -1.04. The maximum absolute atomic E-state index is 12.8. The van der Waals surface area contributed by atoms with Gasteiger partial charge in [0.15, 0.2) is 0 Å². The van der Waals surface area contributed by atoms with Crippen molar-refractivity contribution < 1.29 is 13.5 Å². The molecule has 1 aliphatic heterocycles. The minimum absolute atomic E-state index is 0.0298. The molecule has 1 saturated heterocycles. The van der Waals surface area contributed by atoms with Gasteiger partial charge >= 0.3 is 0 Å². The van der Waals surface area contributed by atoms with Crippen molar-refractivity contribution in [2.75, 3.05) is 26.2 Å². The van der Waals surface area contributed by atoms with E-state index in [4.69, 9.17) is 10.5 Å². The summed E-state index contributed by atoms with van der Waals surface area (Å²) >= 11 is 0. The third kappa shape index (κ3) is 3.75. The second kappa shape index (κ2) is 7.11. The van der Waals surface area contributed by atoms with Crippen molar-refractivity contribution in [1.82, 2.24) is 4.90 Å². The SMILES string of the molecule is CC1CN(C(CN)c2cccc(C(F)F)c2)CCCO1. The summed E-state index contributed by atoms with van der Waals surface area (Å²) in [6.45, 7) is 4.85. The third-order valence-corrected chi connectivity index (χ3v) is 3.70. The lowest BCUT2D eigenvalue weighted by Crippen LogP contribution is -2.37. The summed E-state index contributed by atoms with van der Waals surface area (Å²) in [5.41, 5.74) is 6.80. The van der Waals surface area contributed by atoms with Crippen LogP contribution in [0.3, 0.4) is 0 Å². The minimum Gasteiger partial charge on any atom is -0.377 e. The number of benzene rings is 1. The zero-order valence-electron chi connectivity index (χ0n) is 11.8. The molecule has 0 spiro atoms. The van der Waals surface area contributed by atoms with Crippen LogP contribution in [0.5, 0.6) is 0 Å². The van der Waals surface area contributed by atoms with Gasteiger partial charge in [0.05, 0.1) is 6.10 Å². The lowest BCUT2D eigenvalue weighted by Gasteiger charge is -2.31. The van der Waals surface area contributed by atoms with Gasteiger partial charge in [-0.15, -0.1) is 0 Å². The van der Waals surface area contributed by atoms with Gasteiger partial charge in [-0.05, 0) is 25.0 Å². The van der Waals surface area contributed by atoms with Crippen molar-refractivity contribution in [3.63, 3.8) is 0 Å². The van der Waals surface area contributed by atoms with Crippen molar-refractivity contribution in [3.8, 4) is 0 Å². The molecule has 1 aromatic rings. The fraction of sp³-hybridized carbons (Fsp3) is 0.600. The predicted molar refractivity (Wildman–Crippen MR) is 74.8 cm³/mol. The molecule has 2 atom stereocenters. The molecule has 0 saturated carbocycles. The maximum Gasteiger partial charge on any atom is 0.263 e. The van der Waals surface area contributed by atoms with E-state index < -0.39 is 6.43 Å². The number of alkyl halides is 2. The number of hydrogen-bond donors (Lipinski definition) is 1. The molecule has 2 N–H and O–H groups in total. The summed E-state index contributed by atoms with van der Waals surface area (Å²) in [6.07, 6.45) is -1.36. The predicted octanol–water partition coefficient (Wildman–Crippen LogP) is 2.73. The Bertz CT molecular complexity index is 428. The average molecular weight is 284 g/mol. The molecule has 0 amide bonds. The van der Waals surface area contributed by atoms with Crippen molar-refractivity contribution in [2.24, 2.45) is 5.73 Å². The van der Waals surface area contributed by atoms with Crippen LogP contribution in [0.15, 0.2) is 24.3 Å². The molecule has 1 fully saturated rings. The Morgan fingerprint density at radius 1 is 1.40 bits per heavy atom. The van der Waals surface area contributed by atoms with E-state index >= 15 is 0 Å². The highest BCUT2D eigenvalue weighted by Gasteiger charge is 2.24. The van der Waals surface area contributed by atoms with Crippen LogP contribution in [-0.4, -0.2) is 37.2 Å². The largest absolute Gasteiger partial charge is 0.377 e. The van der Waals surface area contributed by atoms with E-state index in [-0.39, 0.29) is 17.7 Å². The van der Waals surface area contributed by atoms with Crippen LogP contribution in [0.25, 0.3) is 0 Å². The molecular weight excluding hydrogens is 262 g/mol. The fourth-order valence-electron chi connectivity index (χ4n) is 2.71. The molecule has 2 unspecified atom stereocenters. The molecular formula is C15H22F2N2O. The molecule has 3 nitrogen and oxygen atoms in total. The molecule has 1 heterocycles. The van der Waals surface area contributed by atoms with Crippen molar-refractivity contribution in [3.05, 3.63) is 35.4 Å². The first-order valence-electron chi connectivity index (χ1n) is 7.05. The molecule has 5 heteroatoms. The van der Waals surface area contributed by atoms with Gasteiger partial charge in [0.2, 0.25) is 0 Å². The van der Waals surface area contributed by atoms with Gasteiger partial charge in [-0.25, -0.2) is 8.78 Å². The van der Waals surface area contributed by atoms with Crippen LogP contribution in [0.2, 0.25) is 0 Å². The first-order chi connectivity index (χ1) is 9.61. The van der Waals surface area contributed by atoms with E-state index in [0.29, 0.717) is 6.54 Å². The van der Waals surface area contributed by atoms with Crippen LogP contribution in [0.1, 0.15) is 36.9 Å². The second-order valence-electron chi connectivity index (χ2n) is 5.25. The fourth-order valence-corrected chi connectivity index (χ4v) is 2.71. The van der Waals surface area contributed by atoms with Crippen molar-refractivity contribution >= 4 is 0 Å². The van der Waals surface area contributed by atoms with E-state index in [0.717, 1.165) is 31.7 Å². The Labute approximate surface area is 118 Å². The normalized spacial score (nSPS) is 22.8. The molecule has 0 aromatic heterocycles. The van der Waals surface area contributed by atoms with Crippen LogP contribution < -0.4 is 5.73 Å². The topological polar surface area (TPSA) is 38.5 Å². The quantitative estimate of drug-likeness (QED) is 0.924. The third-order valence-electron chi connectivity index (χ3n) is 3.70.